The zero-order valence-electron chi connectivity index (χ0n) is 15.7. The lowest BCUT2D eigenvalue weighted by molar-refractivity contribution is -0.267. The molecule has 1 fully saturated rings. The maximum absolute atomic E-state index is 10.5. The molecule has 6 nitrogen and oxygen atoms in total. The normalized spacial score (nSPS) is 27.5. The first-order valence-electron chi connectivity index (χ1n) is 9.71. The van der Waals surface area contributed by atoms with Gasteiger partial charge in [0.25, 0.3) is 0 Å². The summed E-state index contributed by atoms with van der Waals surface area (Å²) in [5, 5.41) is 38.1. The first-order valence-corrected chi connectivity index (χ1v) is 9.71. The maximum Gasteiger partial charge on any atom is 0.303 e. The summed E-state index contributed by atoms with van der Waals surface area (Å²) in [7, 11) is 0. The third-order valence-electron chi connectivity index (χ3n) is 5.03. The molecule has 1 rings (SSSR count). The molecule has 1 unspecified atom stereocenters. The zero-order chi connectivity index (χ0) is 19.4. The molecule has 4 N–H and O–H groups in total. The van der Waals surface area contributed by atoms with Crippen molar-refractivity contribution in [2.75, 3.05) is 0 Å². The lowest BCUT2D eigenvalue weighted by atomic mass is 9.89. The van der Waals surface area contributed by atoms with Gasteiger partial charge in [0.15, 0.2) is 0 Å². The topological polar surface area (TPSA) is 107 Å². The van der Waals surface area contributed by atoms with Crippen LogP contribution in [0.2, 0.25) is 0 Å². The molecular weight excluding hydrogens is 336 g/mol. The van der Waals surface area contributed by atoms with Crippen LogP contribution in [-0.2, 0) is 9.68 Å². The average Bonchev–Trinajstić information content (AvgIpc) is 2.87. The summed E-state index contributed by atoms with van der Waals surface area (Å²) >= 11 is 0. The Morgan fingerprint density at radius 2 is 1.96 bits per heavy atom. The number of hydrogen-bond acceptors (Lipinski definition) is 5. The molecule has 0 aromatic rings. The van der Waals surface area contributed by atoms with E-state index in [0.717, 1.165) is 25.7 Å². The molecule has 0 amide bonds. The zero-order valence-corrected chi connectivity index (χ0v) is 15.7. The number of aliphatic hydroxyl groups excluding tert-OH is 2. The maximum atomic E-state index is 10.5. The lowest BCUT2D eigenvalue weighted by Gasteiger charge is -2.20. The fourth-order valence-corrected chi connectivity index (χ4v) is 3.48. The Labute approximate surface area is 156 Å². The quantitative estimate of drug-likeness (QED) is 0.171. The van der Waals surface area contributed by atoms with Crippen molar-refractivity contribution in [1.29, 1.82) is 0 Å². The Hall–Kier alpha value is -1.21. The summed E-state index contributed by atoms with van der Waals surface area (Å²) in [5.74, 6) is -1.07. The van der Waals surface area contributed by atoms with E-state index in [1.165, 1.54) is 0 Å². The first kappa shape index (κ1) is 22.8. The van der Waals surface area contributed by atoms with Crippen LogP contribution in [0.25, 0.3) is 0 Å². The smallest absolute Gasteiger partial charge is 0.303 e. The van der Waals surface area contributed by atoms with Gasteiger partial charge in [0.1, 0.15) is 6.10 Å². The second-order valence-corrected chi connectivity index (χ2v) is 7.13. The van der Waals surface area contributed by atoms with Gasteiger partial charge >= 0.3 is 5.97 Å². The molecule has 0 aliphatic heterocycles. The van der Waals surface area contributed by atoms with Crippen LogP contribution >= 0.6 is 0 Å². The number of aliphatic carboxylic acids is 1. The third-order valence-corrected chi connectivity index (χ3v) is 5.03. The van der Waals surface area contributed by atoms with Crippen molar-refractivity contribution in [3.63, 3.8) is 0 Å². The number of allylic oxidation sites excluding steroid dienone is 2. The Bertz CT molecular complexity index is 448. The van der Waals surface area contributed by atoms with Crippen molar-refractivity contribution in [2.24, 2.45) is 11.8 Å². The van der Waals surface area contributed by atoms with E-state index in [-0.39, 0.29) is 18.3 Å². The van der Waals surface area contributed by atoms with Crippen LogP contribution < -0.4 is 0 Å². The number of carbonyl (C=O) groups is 1. The van der Waals surface area contributed by atoms with Gasteiger partial charge < -0.3 is 15.3 Å². The van der Waals surface area contributed by atoms with E-state index in [1.807, 2.05) is 18.2 Å². The number of rotatable bonds is 13. The number of aliphatic hydroxyl groups is 2. The monoisotopic (exact) mass is 370 g/mol. The molecule has 0 aromatic heterocycles. The van der Waals surface area contributed by atoms with Crippen molar-refractivity contribution >= 4 is 5.97 Å². The fraction of sp³-hybridized carbons (Fsp3) is 0.750. The highest BCUT2D eigenvalue weighted by molar-refractivity contribution is 5.66. The van der Waals surface area contributed by atoms with E-state index in [4.69, 9.17) is 10.4 Å². The van der Waals surface area contributed by atoms with E-state index in [0.29, 0.717) is 25.7 Å². The molecule has 5 atom stereocenters. The molecule has 0 aromatic carbocycles. The Morgan fingerprint density at radius 1 is 1.19 bits per heavy atom. The summed E-state index contributed by atoms with van der Waals surface area (Å²) in [6.07, 6.45) is 12.2. The Kier molecular flexibility index (Phi) is 11.4. The summed E-state index contributed by atoms with van der Waals surface area (Å²) in [4.78, 5) is 15.0. The molecule has 0 radical (unpaired) electrons. The van der Waals surface area contributed by atoms with Crippen LogP contribution in [0.1, 0.15) is 64.7 Å². The van der Waals surface area contributed by atoms with Gasteiger partial charge in [0.05, 0.1) is 12.2 Å². The van der Waals surface area contributed by atoms with Gasteiger partial charge in [-0.2, -0.15) is 0 Å². The number of carboxylic acids is 1. The number of hydrogen-bond donors (Lipinski definition) is 4. The molecule has 1 aliphatic carbocycles. The van der Waals surface area contributed by atoms with Gasteiger partial charge in [-0.25, -0.2) is 4.89 Å². The van der Waals surface area contributed by atoms with Crippen LogP contribution in [0.3, 0.4) is 0 Å². The van der Waals surface area contributed by atoms with E-state index in [1.54, 1.807) is 6.08 Å². The molecule has 26 heavy (non-hydrogen) atoms. The van der Waals surface area contributed by atoms with Crippen LogP contribution in [0.4, 0.5) is 0 Å². The minimum Gasteiger partial charge on any atom is -0.481 e. The van der Waals surface area contributed by atoms with Gasteiger partial charge in [-0.15, -0.1) is 0 Å². The summed E-state index contributed by atoms with van der Waals surface area (Å²) in [5.41, 5.74) is 0. The molecule has 150 valence electrons. The van der Waals surface area contributed by atoms with Gasteiger partial charge in [-0.1, -0.05) is 50.5 Å². The highest BCUT2D eigenvalue weighted by atomic mass is 17.1. The molecule has 1 aliphatic rings. The van der Waals surface area contributed by atoms with Gasteiger partial charge in [0.2, 0.25) is 0 Å². The molecule has 1 saturated carbocycles. The summed E-state index contributed by atoms with van der Waals surface area (Å²) in [6.45, 7) is 2.11. The Balaban J connectivity index is 2.53. The van der Waals surface area contributed by atoms with Crippen LogP contribution in [0.5, 0.6) is 0 Å². The van der Waals surface area contributed by atoms with E-state index in [9.17, 15) is 15.0 Å². The highest BCUT2D eigenvalue weighted by Crippen LogP contribution is 2.36. The largest absolute Gasteiger partial charge is 0.481 e. The van der Waals surface area contributed by atoms with Crippen molar-refractivity contribution in [2.45, 2.75) is 83.0 Å². The molecule has 0 bridgehead atoms. The predicted molar refractivity (Wildman–Crippen MR) is 99.6 cm³/mol. The van der Waals surface area contributed by atoms with E-state index in [2.05, 4.69) is 11.8 Å². The second kappa shape index (κ2) is 13.0. The third kappa shape index (κ3) is 8.45. The van der Waals surface area contributed by atoms with Crippen LogP contribution in [0, 0.1) is 11.8 Å². The predicted octanol–water partition coefficient (Wildman–Crippen LogP) is 3.54. The van der Waals surface area contributed by atoms with Crippen molar-refractivity contribution in [3.05, 3.63) is 24.3 Å². The van der Waals surface area contributed by atoms with Gasteiger partial charge in [-0.3, -0.25) is 10.1 Å². The SMILES string of the molecule is CCCCCC(/C=C/[C@@H]1[C@@H](C/C=C/CCCC(=O)O)[C@@H](O)C[C@H]1O)OO. The standard InChI is InChI=1S/C20H34O6/c1-2-3-6-9-15(26-25)12-13-17-16(18(21)14-19(17)22)10-7-4-5-8-11-20(23)24/h4,7,12-13,15-19,21-22,25H,2-3,5-6,8-11,14H2,1H3,(H,23,24)/b7-4+,13-12+/t15?,16-,17-,18+,19-/m1/s1. The summed E-state index contributed by atoms with van der Waals surface area (Å²) < 4.78 is 0. The Morgan fingerprint density at radius 3 is 2.62 bits per heavy atom. The van der Waals surface area contributed by atoms with Crippen LogP contribution in [0.15, 0.2) is 24.3 Å². The van der Waals surface area contributed by atoms with E-state index < -0.39 is 24.3 Å². The molecule has 6 heteroatoms. The van der Waals surface area contributed by atoms with E-state index >= 15 is 0 Å². The average molecular weight is 370 g/mol. The molecular formula is C20H34O6. The van der Waals surface area contributed by atoms with Crippen LogP contribution in [-0.4, -0.2) is 44.9 Å². The lowest BCUT2D eigenvalue weighted by Crippen LogP contribution is -2.20. The molecule has 0 saturated heterocycles. The minimum atomic E-state index is -0.794. The molecule has 0 heterocycles. The minimum absolute atomic E-state index is 0.0908. The fourth-order valence-electron chi connectivity index (χ4n) is 3.48. The number of unbranched alkanes of at least 4 members (excludes halogenated alkanes) is 3. The van der Waals surface area contributed by atoms with Gasteiger partial charge in [-0.05, 0) is 31.6 Å². The summed E-state index contributed by atoms with van der Waals surface area (Å²) in [6, 6.07) is 0. The van der Waals surface area contributed by atoms with Gasteiger partial charge in [0, 0.05) is 18.8 Å². The van der Waals surface area contributed by atoms with Crippen molar-refractivity contribution in [3.8, 4) is 0 Å². The molecule has 0 spiro atoms. The highest BCUT2D eigenvalue weighted by Gasteiger charge is 2.39. The first-order chi connectivity index (χ1) is 12.5. The number of carboxylic acid groups (broad SMARTS) is 1. The van der Waals surface area contributed by atoms with Crippen molar-refractivity contribution in [1.82, 2.24) is 0 Å². The second-order valence-electron chi connectivity index (χ2n) is 7.13. The van der Waals surface area contributed by atoms with Crippen molar-refractivity contribution < 1.29 is 30.3 Å².